The zero-order valence-corrected chi connectivity index (χ0v) is 21.7. The average molecular weight is 471 g/mol. The van der Waals surface area contributed by atoms with E-state index in [0.717, 1.165) is 17.5 Å². The molecule has 0 spiro atoms. The van der Waals surface area contributed by atoms with E-state index in [1.54, 1.807) is 6.92 Å². The first kappa shape index (κ1) is 29.1. The van der Waals surface area contributed by atoms with Crippen LogP contribution in [0.1, 0.15) is 112 Å². The Morgan fingerprint density at radius 3 is 2.15 bits per heavy atom. The minimum absolute atomic E-state index is 0.178. The molecule has 0 bridgehead atoms. The van der Waals surface area contributed by atoms with Crippen LogP contribution in [0.2, 0.25) is 0 Å². The van der Waals surface area contributed by atoms with Gasteiger partial charge in [-0.15, -0.1) is 0 Å². The van der Waals surface area contributed by atoms with Gasteiger partial charge in [0.25, 0.3) is 0 Å². The topological polar surface area (TPSA) is 102 Å². The van der Waals surface area contributed by atoms with Gasteiger partial charge >= 0.3 is 6.09 Å². The molecule has 1 heterocycles. The monoisotopic (exact) mass is 470 g/mol. The lowest BCUT2D eigenvalue weighted by molar-refractivity contribution is -0.399. The lowest BCUT2D eigenvalue weighted by atomic mass is 10.0. The van der Waals surface area contributed by atoms with Crippen molar-refractivity contribution in [3.8, 4) is 11.8 Å². The van der Waals surface area contributed by atoms with E-state index in [4.69, 9.17) is 14.5 Å². The Balaban J connectivity index is 2.46. The van der Waals surface area contributed by atoms with Gasteiger partial charge in [-0.2, -0.15) is 4.68 Å². The predicted octanol–water partition coefficient (Wildman–Crippen LogP) is 6.57. The molecule has 192 valence electrons. The molecule has 8 heteroatoms. The Morgan fingerprint density at radius 2 is 1.58 bits per heavy atom. The summed E-state index contributed by atoms with van der Waals surface area (Å²) in [6.07, 6.45) is 9.25. The van der Waals surface area contributed by atoms with E-state index < -0.39 is 23.4 Å². The van der Waals surface area contributed by atoms with E-state index in [1.807, 2.05) is 34.6 Å². The molecule has 0 radical (unpaired) electrons. The second kappa shape index (κ2) is 13.7. The molecule has 0 aliphatic carbocycles. The van der Waals surface area contributed by atoms with Gasteiger partial charge in [0.15, 0.2) is 0 Å². The molecule has 1 unspecified atom stereocenters. The van der Waals surface area contributed by atoms with Crippen molar-refractivity contribution in [2.24, 2.45) is 0 Å². The molecule has 1 aromatic rings. The van der Waals surface area contributed by atoms with Gasteiger partial charge in [0.1, 0.15) is 11.7 Å². The molecule has 3 N–H and O–H groups in total. The molecular formula is C25H46N2O6. The highest BCUT2D eigenvalue weighted by Crippen LogP contribution is 2.28. The highest BCUT2D eigenvalue weighted by molar-refractivity contribution is 5.76. The molecule has 0 aliphatic heterocycles. The highest BCUT2D eigenvalue weighted by Gasteiger charge is 2.28. The molecule has 1 aromatic heterocycles. The summed E-state index contributed by atoms with van der Waals surface area (Å²) in [7, 11) is 0. The van der Waals surface area contributed by atoms with Crippen molar-refractivity contribution in [1.29, 1.82) is 0 Å². The van der Waals surface area contributed by atoms with Crippen LogP contribution in [0.4, 0.5) is 4.79 Å². The zero-order valence-electron chi connectivity index (χ0n) is 21.7. The molecule has 1 amide bonds. The minimum Gasteiger partial charge on any atom is -0.493 e. The van der Waals surface area contributed by atoms with Crippen molar-refractivity contribution >= 4 is 6.09 Å². The van der Waals surface area contributed by atoms with Gasteiger partial charge in [0, 0.05) is 18.1 Å². The molecule has 1 rings (SSSR count). The largest absolute Gasteiger partial charge is 0.493 e. The molecule has 8 nitrogen and oxygen atoms in total. The third-order valence-electron chi connectivity index (χ3n) is 5.14. The first-order valence-corrected chi connectivity index (χ1v) is 12.3. The maximum Gasteiger partial charge on any atom is 0.426 e. The number of carbonyl (C=O) groups excluding carboxylic acids is 1. The zero-order chi connectivity index (χ0) is 25.1. The molecular weight excluding hydrogens is 424 g/mol. The van der Waals surface area contributed by atoms with Gasteiger partial charge < -0.3 is 14.9 Å². The number of aromatic hydroxyl groups is 2. The van der Waals surface area contributed by atoms with Gasteiger partial charge in [0.2, 0.25) is 11.8 Å². The van der Waals surface area contributed by atoms with Gasteiger partial charge in [-0.25, -0.2) is 20.0 Å². The summed E-state index contributed by atoms with van der Waals surface area (Å²) in [5.74, 6) is -0.420. The standard InChI is InChI=1S/C25H46N2O6/c1-8-9-10-11-12-13-14-15-16-20-17-21(28)27(22(20)29)26-23(30)31-19(2)18-25(6,7)33-32-24(3,4)5/h17,19,28-29H,8-16,18H2,1-7H3,(H,26,30). The smallest absolute Gasteiger partial charge is 0.426 e. The van der Waals surface area contributed by atoms with E-state index in [1.165, 1.54) is 44.6 Å². The van der Waals surface area contributed by atoms with Gasteiger partial charge in [-0.05, 0) is 54.4 Å². The number of nitrogens with one attached hydrogen (secondary N) is 1. The van der Waals surface area contributed by atoms with E-state index in [9.17, 15) is 15.0 Å². The molecule has 0 fully saturated rings. The Kier molecular flexibility index (Phi) is 12.1. The van der Waals surface area contributed by atoms with Crippen molar-refractivity contribution < 1.29 is 29.5 Å². The van der Waals surface area contributed by atoms with E-state index in [0.29, 0.717) is 18.4 Å². The van der Waals surface area contributed by atoms with Crippen molar-refractivity contribution in [3.05, 3.63) is 11.6 Å². The van der Waals surface area contributed by atoms with Crippen LogP contribution in [-0.2, 0) is 20.9 Å². The lowest BCUT2D eigenvalue weighted by Crippen LogP contribution is -2.35. The number of aromatic nitrogens is 1. The maximum atomic E-state index is 12.3. The second-order valence-electron chi connectivity index (χ2n) is 10.5. The summed E-state index contributed by atoms with van der Waals surface area (Å²) in [5.41, 5.74) is 1.86. The number of nitrogens with zero attached hydrogens (tertiary/aromatic N) is 1. The average Bonchev–Trinajstić information content (AvgIpc) is 2.95. The van der Waals surface area contributed by atoms with Gasteiger partial charge in [-0.3, -0.25) is 0 Å². The van der Waals surface area contributed by atoms with Crippen molar-refractivity contribution in [2.75, 3.05) is 5.43 Å². The first-order chi connectivity index (χ1) is 15.3. The van der Waals surface area contributed by atoms with Crippen molar-refractivity contribution in [1.82, 2.24) is 4.68 Å². The number of ether oxygens (including phenoxy) is 1. The number of unbranched alkanes of at least 4 members (excludes halogenated alkanes) is 7. The molecule has 1 atom stereocenters. The summed E-state index contributed by atoms with van der Waals surface area (Å²) in [5, 5.41) is 20.6. The fourth-order valence-corrected chi connectivity index (χ4v) is 3.59. The summed E-state index contributed by atoms with van der Waals surface area (Å²) >= 11 is 0. The van der Waals surface area contributed by atoms with Crippen LogP contribution < -0.4 is 5.43 Å². The predicted molar refractivity (Wildman–Crippen MR) is 130 cm³/mol. The summed E-state index contributed by atoms with van der Waals surface area (Å²) < 4.78 is 6.31. The minimum atomic E-state index is -0.783. The summed E-state index contributed by atoms with van der Waals surface area (Å²) in [4.78, 5) is 23.2. The Bertz CT molecular complexity index is 708. The third-order valence-corrected chi connectivity index (χ3v) is 5.14. The SMILES string of the molecule is CCCCCCCCCCc1cc(O)n(NC(=O)OC(C)CC(C)(C)OOC(C)(C)C)c1O. The summed E-state index contributed by atoms with van der Waals surface area (Å²) in [6.45, 7) is 13.3. The molecule has 0 saturated heterocycles. The lowest BCUT2D eigenvalue weighted by Gasteiger charge is -2.30. The van der Waals surface area contributed by atoms with Crippen LogP contribution >= 0.6 is 0 Å². The summed E-state index contributed by atoms with van der Waals surface area (Å²) in [6, 6.07) is 1.47. The van der Waals surface area contributed by atoms with E-state index >= 15 is 0 Å². The van der Waals surface area contributed by atoms with Crippen LogP contribution in [0, 0.1) is 0 Å². The van der Waals surface area contributed by atoms with Crippen LogP contribution in [0.25, 0.3) is 0 Å². The highest BCUT2D eigenvalue weighted by atomic mass is 17.2. The molecule has 0 saturated carbocycles. The van der Waals surface area contributed by atoms with Gasteiger partial charge in [0.05, 0.1) is 5.60 Å². The number of hydrogen-bond acceptors (Lipinski definition) is 6. The van der Waals surface area contributed by atoms with E-state index in [2.05, 4.69) is 12.3 Å². The van der Waals surface area contributed by atoms with Crippen LogP contribution in [0.3, 0.4) is 0 Å². The van der Waals surface area contributed by atoms with Crippen molar-refractivity contribution in [3.63, 3.8) is 0 Å². The Hall–Kier alpha value is -1.93. The van der Waals surface area contributed by atoms with Gasteiger partial charge in [-0.1, -0.05) is 51.9 Å². The quantitative estimate of drug-likeness (QED) is 0.152. The third kappa shape index (κ3) is 12.2. The number of amides is 1. The normalized spacial score (nSPS) is 13.2. The number of aryl methyl sites for hydroxylation is 1. The number of carbonyl (C=O) groups is 1. The first-order valence-electron chi connectivity index (χ1n) is 12.3. The second-order valence-corrected chi connectivity index (χ2v) is 10.5. The van der Waals surface area contributed by atoms with Crippen LogP contribution in [0.15, 0.2) is 6.07 Å². The Morgan fingerprint density at radius 1 is 1.00 bits per heavy atom. The fraction of sp³-hybridized carbons (Fsp3) is 0.800. The molecule has 33 heavy (non-hydrogen) atoms. The Labute approximate surface area is 199 Å². The maximum absolute atomic E-state index is 12.3. The number of rotatable bonds is 15. The fourth-order valence-electron chi connectivity index (χ4n) is 3.59. The number of hydrogen-bond donors (Lipinski definition) is 3. The van der Waals surface area contributed by atoms with Crippen molar-refractivity contribution in [2.45, 2.75) is 130 Å². The van der Waals surface area contributed by atoms with E-state index in [-0.39, 0.29) is 11.8 Å². The van der Waals surface area contributed by atoms with Crippen LogP contribution in [-0.4, -0.2) is 38.3 Å². The molecule has 0 aliphatic rings. The van der Waals surface area contributed by atoms with Crippen LogP contribution in [0.5, 0.6) is 11.8 Å². The molecule has 0 aromatic carbocycles.